The summed E-state index contributed by atoms with van der Waals surface area (Å²) in [5, 5.41) is 13.2. The zero-order valence-corrected chi connectivity index (χ0v) is 16.6. The number of amides is 1. The van der Waals surface area contributed by atoms with Gasteiger partial charge < -0.3 is 15.2 Å². The van der Waals surface area contributed by atoms with Crippen LogP contribution in [0.15, 0.2) is 42.5 Å². The summed E-state index contributed by atoms with van der Waals surface area (Å²) in [5.74, 6) is 1.24. The van der Waals surface area contributed by atoms with E-state index in [2.05, 4.69) is 15.2 Å². The number of rotatable bonds is 7. The zero-order valence-electron chi connectivity index (χ0n) is 16.6. The minimum Gasteiger partial charge on any atom is -0.491 e. The van der Waals surface area contributed by atoms with Crippen LogP contribution in [0.5, 0.6) is 5.75 Å². The fourth-order valence-corrected chi connectivity index (χ4v) is 3.45. The summed E-state index contributed by atoms with van der Waals surface area (Å²) in [6, 6.07) is 13.4. The van der Waals surface area contributed by atoms with Crippen molar-refractivity contribution < 1.29 is 14.6 Å². The molecule has 1 amide bonds. The number of aliphatic hydroxyl groups excluding tert-OH is 1. The van der Waals surface area contributed by atoms with Crippen molar-refractivity contribution in [3.05, 3.63) is 53.7 Å². The van der Waals surface area contributed by atoms with Crippen molar-refractivity contribution in [3.63, 3.8) is 0 Å². The van der Waals surface area contributed by atoms with Crippen LogP contribution >= 0.6 is 0 Å². The summed E-state index contributed by atoms with van der Waals surface area (Å²) < 4.78 is 5.66. The number of anilines is 1. The third-order valence-electron chi connectivity index (χ3n) is 4.95. The van der Waals surface area contributed by atoms with E-state index in [9.17, 15) is 9.90 Å². The Labute approximate surface area is 166 Å². The fourth-order valence-electron chi connectivity index (χ4n) is 3.45. The van der Waals surface area contributed by atoms with Gasteiger partial charge in [-0.25, -0.2) is 4.98 Å². The van der Waals surface area contributed by atoms with Gasteiger partial charge in [-0.3, -0.25) is 9.69 Å². The molecular weight excluding hydrogens is 354 g/mol. The van der Waals surface area contributed by atoms with Crippen LogP contribution in [0.2, 0.25) is 0 Å². The number of hydrogen-bond donors (Lipinski definition) is 2. The van der Waals surface area contributed by atoms with E-state index in [4.69, 9.17) is 4.74 Å². The van der Waals surface area contributed by atoms with E-state index in [1.807, 2.05) is 50.2 Å². The molecular formula is C22H29N3O3. The summed E-state index contributed by atoms with van der Waals surface area (Å²) in [5.41, 5.74) is 2.05. The minimum absolute atomic E-state index is 0.00630. The predicted molar refractivity (Wildman–Crippen MR) is 109 cm³/mol. The van der Waals surface area contributed by atoms with Crippen LogP contribution in [-0.4, -0.2) is 53.2 Å². The molecule has 1 saturated heterocycles. The molecule has 2 aromatic rings. The monoisotopic (exact) mass is 383 g/mol. The number of ether oxygens (including phenoxy) is 1. The molecule has 2 N–H and O–H groups in total. The van der Waals surface area contributed by atoms with E-state index >= 15 is 0 Å². The molecule has 150 valence electrons. The summed E-state index contributed by atoms with van der Waals surface area (Å²) in [4.78, 5) is 19.1. The molecule has 2 heterocycles. The first-order valence-electron chi connectivity index (χ1n) is 9.84. The van der Waals surface area contributed by atoms with Gasteiger partial charge in [0.1, 0.15) is 24.3 Å². The number of hydrogen-bond acceptors (Lipinski definition) is 5. The van der Waals surface area contributed by atoms with Crippen molar-refractivity contribution >= 4 is 11.7 Å². The second-order valence-electron chi connectivity index (χ2n) is 7.53. The second kappa shape index (κ2) is 9.66. The van der Waals surface area contributed by atoms with Gasteiger partial charge >= 0.3 is 0 Å². The van der Waals surface area contributed by atoms with E-state index < -0.39 is 6.10 Å². The number of aromatic nitrogens is 1. The molecule has 0 aliphatic carbocycles. The molecule has 0 radical (unpaired) electrons. The molecule has 6 heteroatoms. The first-order chi connectivity index (χ1) is 13.5. The molecule has 3 rings (SSSR count). The number of nitrogens with one attached hydrogen (secondary N) is 1. The number of piperidine rings is 1. The van der Waals surface area contributed by atoms with Gasteiger partial charge in [0.15, 0.2) is 0 Å². The first kappa shape index (κ1) is 20.3. The summed E-state index contributed by atoms with van der Waals surface area (Å²) >= 11 is 0. The number of nitrogens with zero attached hydrogens (tertiary/aromatic N) is 2. The highest BCUT2D eigenvalue weighted by atomic mass is 16.5. The van der Waals surface area contributed by atoms with Gasteiger partial charge in [0.2, 0.25) is 5.91 Å². The molecule has 1 aromatic heterocycles. The van der Waals surface area contributed by atoms with E-state index in [0.29, 0.717) is 18.9 Å². The maximum atomic E-state index is 12.6. The molecule has 1 aliphatic heterocycles. The molecule has 1 aromatic carbocycles. The lowest BCUT2D eigenvalue weighted by Gasteiger charge is -2.33. The van der Waals surface area contributed by atoms with E-state index in [1.54, 1.807) is 6.07 Å². The maximum absolute atomic E-state index is 12.6. The van der Waals surface area contributed by atoms with Crippen molar-refractivity contribution in [1.82, 2.24) is 9.88 Å². The molecule has 0 saturated carbocycles. The van der Waals surface area contributed by atoms with Gasteiger partial charge in [0.25, 0.3) is 0 Å². The Hall–Kier alpha value is -2.44. The quantitative estimate of drug-likeness (QED) is 0.769. The number of β-amino-alcohol motifs (C(OH)–C–C–N with tert-alkyl or cyclic N) is 1. The van der Waals surface area contributed by atoms with E-state index in [-0.39, 0.29) is 18.4 Å². The molecule has 0 spiro atoms. The van der Waals surface area contributed by atoms with Gasteiger partial charge in [-0.1, -0.05) is 23.8 Å². The van der Waals surface area contributed by atoms with Crippen molar-refractivity contribution in [3.8, 4) is 5.75 Å². The number of aliphatic hydroxyl groups is 1. The maximum Gasteiger partial charge on any atom is 0.229 e. The molecule has 6 nitrogen and oxygen atoms in total. The fraction of sp³-hybridized carbons (Fsp3) is 0.455. The third-order valence-corrected chi connectivity index (χ3v) is 4.95. The van der Waals surface area contributed by atoms with Gasteiger partial charge in [-0.2, -0.15) is 0 Å². The smallest absolute Gasteiger partial charge is 0.229 e. The normalized spacial score (nSPS) is 18.5. The summed E-state index contributed by atoms with van der Waals surface area (Å²) in [6.07, 6.45) is 1.19. The number of benzene rings is 1. The van der Waals surface area contributed by atoms with Crippen LogP contribution in [0.3, 0.4) is 0 Å². The Morgan fingerprint density at radius 2 is 2.07 bits per heavy atom. The lowest BCUT2D eigenvalue weighted by Crippen LogP contribution is -2.44. The largest absolute Gasteiger partial charge is 0.491 e. The van der Waals surface area contributed by atoms with Gasteiger partial charge in [0, 0.05) is 18.8 Å². The molecule has 0 bridgehead atoms. The third kappa shape index (κ3) is 6.04. The summed E-state index contributed by atoms with van der Waals surface area (Å²) in [7, 11) is 0. The van der Waals surface area contributed by atoms with Crippen molar-refractivity contribution in [2.45, 2.75) is 32.8 Å². The number of pyridine rings is 1. The van der Waals surface area contributed by atoms with Gasteiger partial charge in [-0.15, -0.1) is 0 Å². The zero-order chi connectivity index (χ0) is 19.9. The molecule has 28 heavy (non-hydrogen) atoms. The van der Waals surface area contributed by atoms with Crippen LogP contribution in [0.1, 0.15) is 24.1 Å². The lowest BCUT2D eigenvalue weighted by molar-refractivity contribution is -0.121. The van der Waals surface area contributed by atoms with E-state index in [0.717, 1.165) is 30.8 Å². The van der Waals surface area contributed by atoms with Crippen molar-refractivity contribution in [2.75, 3.05) is 31.6 Å². The van der Waals surface area contributed by atoms with Gasteiger partial charge in [0.05, 0.1) is 5.92 Å². The minimum atomic E-state index is -0.596. The Kier molecular flexibility index (Phi) is 7.01. The topological polar surface area (TPSA) is 74.7 Å². The first-order valence-corrected chi connectivity index (χ1v) is 9.84. The highest BCUT2D eigenvalue weighted by molar-refractivity contribution is 5.91. The number of carbonyl (C=O) groups is 1. The highest BCUT2D eigenvalue weighted by Gasteiger charge is 2.27. The standard InChI is InChI=1S/C22H29N3O3/c1-16-8-10-20(11-9-16)28-15-19(26)14-25-12-4-6-18(13-25)22(27)24-21-7-3-5-17(2)23-21/h3,5,7-11,18-19,26H,4,6,12-15H2,1-2H3,(H,23,24,27). The van der Waals surface area contributed by atoms with E-state index in [1.165, 1.54) is 5.56 Å². The summed E-state index contributed by atoms with van der Waals surface area (Å²) in [6.45, 7) is 6.18. The Morgan fingerprint density at radius 1 is 1.29 bits per heavy atom. The van der Waals surface area contributed by atoms with Crippen LogP contribution in [0.4, 0.5) is 5.82 Å². The SMILES string of the molecule is Cc1ccc(OCC(O)CN2CCCC(C(=O)Nc3cccc(C)n3)C2)cc1. The lowest BCUT2D eigenvalue weighted by atomic mass is 9.97. The van der Waals surface area contributed by atoms with Crippen LogP contribution < -0.4 is 10.1 Å². The Morgan fingerprint density at radius 3 is 2.82 bits per heavy atom. The number of likely N-dealkylation sites (tertiary alicyclic amines) is 1. The molecule has 2 unspecified atom stereocenters. The molecule has 1 fully saturated rings. The average Bonchev–Trinajstić information content (AvgIpc) is 2.68. The number of carbonyl (C=O) groups excluding carboxylic acids is 1. The predicted octanol–water partition coefficient (Wildman–Crippen LogP) is 2.79. The average molecular weight is 383 g/mol. The molecule has 2 atom stereocenters. The Bertz CT molecular complexity index is 779. The highest BCUT2D eigenvalue weighted by Crippen LogP contribution is 2.19. The molecule has 1 aliphatic rings. The van der Waals surface area contributed by atoms with Crippen LogP contribution in [0.25, 0.3) is 0 Å². The van der Waals surface area contributed by atoms with Crippen LogP contribution in [0, 0.1) is 19.8 Å². The Balaban J connectivity index is 1.45. The van der Waals surface area contributed by atoms with Crippen molar-refractivity contribution in [1.29, 1.82) is 0 Å². The van der Waals surface area contributed by atoms with Crippen molar-refractivity contribution in [2.24, 2.45) is 5.92 Å². The second-order valence-corrected chi connectivity index (χ2v) is 7.53. The number of aryl methyl sites for hydroxylation is 2. The van der Waals surface area contributed by atoms with Gasteiger partial charge in [-0.05, 0) is 57.5 Å². The van der Waals surface area contributed by atoms with Crippen LogP contribution in [-0.2, 0) is 4.79 Å².